The number of fused-ring (bicyclic) bond motifs is 1. The van der Waals surface area contributed by atoms with Gasteiger partial charge in [0.1, 0.15) is 0 Å². The van der Waals surface area contributed by atoms with Gasteiger partial charge in [0.2, 0.25) is 5.28 Å². The molecule has 1 fully saturated rings. The molecule has 2 aromatic rings. The Morgan fingerprint density at radius 1 is 1.31 bits per heavy atom. The molecule has 0 atom stereocenters. The Morgan fingerprint density at radius 3 is 2.94 bits per heavy atom. The van der Waals surface area contributed by atoms with Gasteiger partial charge in [0.05, 0.1) is 11.7 Å². The molecule has 0 amide bonds. The van der Waals surface area contributed by atoms with E-state index in [0.717, 1.165) is 18.6 Å². The van der Waals surface area contributed by atoms with Gasteiger partial charge in [-0.15, -0.1) is 0 Å². The number of nitrogens with zero attached hydrogens (tertiary/aromatic N) is 2. The van der Waals surface area contributed by atoms with Crippen LogP contribution in [0.25, 0.3) is 5.52 Å². The third kappa shape index (κ3) is 1.60. The van der Waals surface area contributed by atoms with E-state index in [1.165, 1.54) is 18.5 Å². The molecule has 1 aliphatic rings. The second kappa shape index (κ2) is 4.07. The number of nitrogens with one attached hydrogen (secondary N) is 1. The van der Waals surface area contributed by atoms with Crippen molar-refractivity contribution < 1.29 is 0 Å². The minimum absolute atomic E-state index is 0.573. The molecule has 3 rings (SSSR count). The lowest BCUT2D eigenvalue weighted by molar-refractivity contribution is 0.450. The highest BCUT2D eigenvalue weighted by Gasteiger charge is 2.18. The van der Waals surface area contributed by atoms with Crippen molar-refractivity contribution in [3.05, 3.63) is 35.4 Å². The fourth-order valence-electron chi connectivity index (χ4n) is 2.47. The lowest BCUT2D eigenvalue weighted by atomic mass is 9.94. The molecule has 84 valence electrons. The smallest absolute Gasteiger partial charge is 0.207 e. The summed E-state index contributed by atoms with van der Waals surface area (Å²) in [6.45, 7) is 2.18. The Balaban J connectivity index is 2.10. The number of imidazole rings is 1. The van der Waals surface area contributed by atoms with Crippen molar-refractivity contribution in [2.75, 3.05) is 13.1 Å². The number of aromatic nitrogens is 2. The SMILES string of the molecule is Clc1ncc2cccc(C3CCNCC3)n12. The molecule has 16 heavy (non-hydrogen) atoms. The third-order valence-electron chi connectivity index (χ3n) is 3.30. The molecular weight excluding hydrogens is 222 g/mol. The van der Waals surface area contributed by atoms with Gasteiger partial charge in [0.15, 0.2) is 0 Å². The van der Waals surface area contributed by atoms with Gasteiger partial charge in [-0.3, -0.25) is 4.40 Å². The Bertz CT molecular complexity index is 500. The lowest BCUT2D eigenvalue weighted by Crippen LogP contribution is -2.27. The second-order valence-electron chi connectivity index (χ2n) is 4.26. The van der Waals surface area contributed by atoms with E-state index in [4.69, 9.17) is 11.6 Å². The van der Waals surface area contributed by atoms with E-state index < -0.39 is 0 Å². The van der Waals surface area contributed by atoms with Gasteiger partial charge < -0.3 is 5.32 Å². The Labute approximate surface area is 99.4 Å². The summed E-state index contributed by atoms with van der Waals surface area (Å²) in [6.07, 6.45) is 4.17. The molecule has 0 aromatic carbocycles. The molecule has 2 aromatic heterocycles. The topological polar surface area (TPSA) is 29.3 Å². The molecule has 0 bridgehead atoms. The predicted molar refractivity (Wildman–Crippen MR) is 65.0 cm³/mol. The molecular formula is C12H14ClN3. The van der Waals surface area contributed by atoms with Crippen molar-refractivity contribution in [3.8, 4) is 0 Å². The molecule has 4 heteroatoms. The van der Waals surface area contributed by atoms with Crippen LogP contribution in [0.15, 0.2) is 24.4 Å². The quantitative estimate of drug-likeness (QED) is 0.823. The van der Waals surface area contributed by atoms with E-state index in [-0.39, 0.29) is 0 Å². The number of pyridine rings is 1. The van der Waals surface area contributed by atoms with Crippen LogP contribution in [0.2, 0.25) is 5.28 Å². The van der Waals surface area contributed by atoms with Crippen molar-refractivity contribution in [1.29, 1.82) is 0 Å². The van der Waals surface area contributed by atoms with Crippen LogP contribution in [0.1, 0.15) is 24.5 Å². The van der Waals surface area contributed by atoms with Gasteiger partial charge in [0, 0.05) is 11.6 Å². The van der Waals surface area contributed by atoms with E-state index in [9.17, 15) is 0 Å². The molecule has 1 aliphatic heterocycles. The Morgan fingerprint density at radius 2 is 2.12 bits per heavy atom. The van der Waals surface area contributed by atoms with Crippen molar-refractivity contribution in [1.82, 2.24) is 14.7 Å². The average Bonchev–Trinajstić information content (AvgIpc) is 2.73. The highest BCUT2D eigenvalue weighted by atomic mass is 35.5. The van der Waals surface area contributed by atoms with Crippen LogP contribution in [0.4, 0.5) is 0 Å². The van der Waals surface area contributed by atoms with Crippen LogP contribution in [-0.4, -0.2) is 22.5 Å². The molecule has 0 radical (unpaired) electrons. The largest absolute Gasteiger partial charge is 0.317 e. The van der Waals surface area contributed by atoms with Crippen molar-refractivity contribution in [2.45, 2.75) is 18.8 Å². The zero-order valence-electron chi connectivity index (χ0n) is 8.99. The highest BCUT2D eigenvalue weighted by Crippen LogP contribution is 2.27. The molecule has 0 spiro atoms. The summed E-state index contributed by atoms with van der Waals surface area (Å²) in [5.41, 5.74) is 2.38. The molecule has 0 unspecified atom stereocenters. The summed E-state index contributed by atoms with van der Waals surface area (Å²) in [5, 5.41) is 3.96. The zero-order valence-corrected chi connectivity index (χ0v) is 9.74. The molecule has 3 nitrogen and oxygen atoms in total. The van der Waals surface area contributed by atoms with Crippen molar-refractivity contribution >= 4 is 17.1 Å². The molecule has 0 aliphatic carbocycles. The summed E-state index contributed by atoms with van der Waals surface area (Å²) in [4.78, 5) is 4.16. The average molecular weight is 236 g/mol. The van der Waals surface area contributed by atoms with Crippen LogP contribution in [0, 0.1) is 0 Å². The van der Waals surface area contributed by atoms with Crippen LogP contribution in [0.5, 0.6) is 0 Å². The first kappa shape index (κ1) is 10.1. The van der Waals surface area contributed by atoms with Crippen molar-refractivity contribution in [3.63, 3.8) is 0 Å². The van der Waals surface area contributed by atoms with E-state index in [0.29, 0.717) is 11.2 Å². The number of piperidine rings is 1. The third-order valence-corrected chi connectivity index (χ3v) is 3.56. The minimum atomic E-state index is 0.573. The normalized spacial score (nSPS) is 18.1. The number of rotatable bonds is 1. The van der Waals surface area contributed by atoms with Crippen LogP contribution in [-0.2, 0) is 0 Å². The van der Waals surface area contributed by atoms with Gasteiger partial charge in [-0.05, 0) is 49.7 Å². The standard InChI is InChI=1S/C12H14ClN3/c13-12-15-8-10-2-1-3-11(16(10)12)9-4-6-14-7-5-9/h1-3,8-9,14H,4-7H2. The summed E-state index contributed by atoms with van der Waals surface area (Å²) in [5.74, 6) is 0.594. The van der Waals surface area contributed by atoms with Crippen LogP contribution in [0.3, 0.4) is 0 Å². The molecule has 0 saturated carbocycles. The lowest BCUT2D eigenvalue weighted by Gasteiger charge is -2.23. The van der Waals surface area contributed by atoms with Crippen LogP contribution < -0.4 is 5.32 Å². The highest BCUT2D eigenvalue weighted by molar-refractivity contribution is 6.28. The first-order valence-corrected chi connectivity index (χ1v) is 6.06. The Hall–Kier alpha value is -1.06. The zero-order chi connectivity index (χ0) is 11.0. The van der Waals surface area contributed by atoms with Gasteiger partial charge in [0.25, 0.3) is 0 Å². The Kier molecular flexibility index (Phi) is 2.58. The van der Waals surface area contributed by atoms with Crippen LogP contribution >= 0.6 is 11.6 Å². The number of halogens is 1. The molecule has 1 N–H and O–H groups in total. The summed E-state index contributed by atoms with van der Waals surface area (Å²) in [7, 11) is 0. The summed E-state index contributed by atoms with van der Waals surface area (Å²) >= 11 is 6.13. The summed E-state index contributed by atoms with van der Waals surface area (Å²) < 4.78 is 2.07. The number of hydrogen-bond donors (Lipinski definition) is 1. The van der Waals surface area contributed by atoms with Gasteiger partial charge in [-0.25, -0.2) is 4.98 Å². The van der Waals surface area contributed by atoms with E-state index in [1.54, 1.807) is 0 Å². The molecule has 3 heterocycles. The monoisotopic (exact) mass is 235 g/mol. The van der Waals surface area contributed by atoms with Gasteiger partial charge in [-0.1, -0.05) is 6.07 Å². The van der Waals surface area contributed by atoms with Gasteiger partial charge >= 0.3 is 0 Å². The molecule has 1 saturated heterocycles. The summed E-state index contributed by atoms with van der Waals surface area (Å²) in [6, 6.07) is 6.30. The minimum Gasteiger partial charge on any atom is -0.317 e. The number of hydrogen-bond acceptors (Lipinski definition) is 2. The maximum Gasteiger partial charge on any atom is 0.207 e. The van der Waals surface area contributed by atoms with E-state index in [1.807, 2.05) is 12.3 Å². The fourth-order valence-corrected chi connectivity index (χ4v) is 2.71. The maximum absolute atomic E-state index is 6.13. The predicted octanol–water partition coefficient (Wildman–Crippen LogP) is 2.45. The van der Waals surface area contributed by atoms with Crippen molar-refractivity contribution in [2.24, 2.45) is 0 Å². The first-order valence-electron chi connectivity index (χ1n) is 5.69. The first-order chi connectivity index (χ1) is 7.86. The van der Waals surface area contributed by atoms with E-state index in [2.05, 4.69) is 26.8 Å². The van der Waals surface area contributed by atoms with E-state index >= 15 is 0 Å². The van der Waals surface area contributed by atoms with Gasteiger partial charge in [-0.2, -0.15) is 0 Å². The maximum atomic E-state index is 6.13. The second-order valence-corrected chi connectivity index (χ2v) is 4.60. The fraction of sp³-hybridized carbons (Fsp3) is 0.417.